The number of hydrogen-bond acceptors (Lipinski definition) is 7. The second-order valence-corrected chi connectivity index (χ2v) is 11.9. The molecule has 0 aliphatic rings. The second kappa shape index (κ2) is 14.0. The zero-order valence-electron chi connectivity index (χ0n) is 24.7. The fraction of sp³-hybridized carbons (Fsp3) is 0.281. The third kappa shape index (κ3) is 8.00. The Morgan fingerprint density at radius 2 is 1.27 bits per heavy atom. The fourth-order valence-electron chi connectivity index (χ4n) is 4.55. The van der Waals surface area contributed by atoms with E-state index in [0.717, 1.165) is 17.8 Å². The van der Waals surface area contributed by atoms with Crippen LogP contribution in [-0.4, -0.2) is 51.9 Å². The minimum absolute atomic E-state index is 0.0310. The molecule has 0 saturated carbocycles. The molecule has 1 heterocycles. The van der Waals surface area contributed by atoms with Gasteiger partial charge < -0.3 is 18.9 Å². The Morgan fingerprint density at radius 3 is 1.70 bits per heavy atom. The summed E-state index contributed by atoms with van der Waals surface area (Å²) in [6.45, 7) is 0.0619. The van der Waals surface area contributed by atoms with Crippen LogP contribution in [0.5, 0.6) is 23.0 Å². The molecule has 0 fully saturated rings. The van der Waals surface area contributed by atoms with Gasteiger partial charge in [-0.1, -0.05) is 36.4 Å². The molecule has 4 aromatic rings. The van der Waals surface area contributed by atoms with E-state index in [4.69, 9.17) is 18.9 Å². The quantitative estimate of drug-likeness (QED) is 0.170. The summed E-state index contributed by atoms with van der Waals surface area (Å²) in [7, 11) is 2.25. The molecule has 0 amide bonds. The molecular weight excluding hydrogens is 597 g/mol. The van der Waals surface area contributed by atoms with Crippen LogP contribution in [0.2, 0.25) is 0 Å². The fourth-order valence-corrected chi connectivity index (χ4v) is 5.97. The first-order valence-electron chi connectivity index (χ1n) is 13.5. The van der Waals surface area contributed by atoms with Crippen LogP contribution in [0.25, 0.3) is 11.3 Å². The zero-order chi connectivity index (χ0) is 31.9. The van der Waals surface area contributed by atoms with Crippen molar-refractivity contribution in [3.8, 4) is 34.3 Å². The lowest BCUT2D eigenvalue weighted by atomic mass is 10.1. The third-order valence-corrected chi connectivity index (χ3v) is 8.83. The predicted octanol–water partition coefficient (Wildman–Crippen LogP) is 6.38. The molecular formula is C32H33F3N2O6S. The molecule has 3 aromatic carbocycles. The molecule has 4 rings (SSSR count). The lowest BCUT2D eigenvalue weighted by Crippen LogP contribution is -2.33. The van der Waals surface area contributed by atoms with Gasteiger partial charge in [0.25, 0.3) is 0 Å². The summed E-state index contributed by atoms with van der Waals surface area (Å²) >= 11 is 0. The smallest absolute Gasteiger partial charge is 0.417 e. The Bertz CT molecular complexity index is 1600. The lowest BCUT2D eigenvalue weighted by molar-refractivity contribution is -0.137. The maximum absolute atomic E-state index is 13.9. The molecule has 0 spiro atoms. The standard InChI is InChI=1S/C32H33F3N2O6S/c1-40-27-12-9-24(30(17-27)42-3)20-37(21-25-10-13-28(41-2)18-31(25)43-4)44(38,39)16-15-22-5-7-23(8-6-22)29-14-11-26(19-36-29)32(33,34)35/h5-14,17-19H,15-16,20-21H2,1-4H3. The molecule has 0 N–H and O–H groups in total. The van der Waals surface area contributed by atoms with Gasteiger partial charge in [-0.3, -0.25) is 4.98 Å². The van der Waals surface area contributed by atoms with Crippen molar-refractivity contribution >= 4 is 10.0 Å². The highest BCUT2D eigenvalue weighted by molar-refractivity contribution is 7.89. The van der Waals surface area contributed by atoms with Gasteiger partial charge in [0.05, 0.1) is 45.4 Å². The van der Waals surface area contributed by atoms with E-state index in [1.807, 2.05) is 0 Å². The van der Waals surface area contributed by atoms with E-state index in [9.17, 15) is 21.6 Å². The van der Waals surface area contributed by atoms with Crippen LogP contribution in [0.3, 0.4) is 0 Å². The number of methoxy groups -OCH3 is 4. The van der Waals surface area contributed by atoms with Gasteiger partial charge in [0.2, 0.25) is 10.0 Å². The molecule has 0 atom stereocenters. The van der Waals surface area contributed by atoms with Gasteiger partial charge in [-0.2, -0.15) is 17.5 Å². The van der Waals surface area contributed by atoms with Crippen molar-refractivity contribution in [1.82, 2.24) is 9.29 Å². The number of benzene rings is 3. The SMILES string of the molecule is COc1ccc(CN(Cc2ccc(OC)cc2OC)S(=O)(=O)CCc2ccc(-c3ccc(C(F)(F)F)cn3)cc2)c(OC)c1. The second-order valence-electron chi connectivity index (χ2n) is 9.82. The molecule has 0 radical (unpaired) electrons. The number of hydrogen-bond donors (Lipinski definition) is 0. The average Bonchev–Trinajstić information content (AvgIpc) is 3.03. The normalized spacial score (nSPS) is 11.8. The van der Waals surface area contributed by atoms with E-state index >= 15 is 0 Å². The van der Waals surface area contributed by atoms with Gasteiger partial charge in [-0.25, -0.2) is 8.42 Å². The number of pyridine rings is 1. The Balaban J connectivity index is 1.56. The highest BCUT2D eigenvalue weighted by Gasteiger charge is 2.30. The number of ether oxygens (including phenoxy) is 4. The van der Waals surface area contributed by atoms with E-state index in [0.29, 0.717) is 45.4 Å². The van der Waals surface area contributed by atoms with Gasteiger partial charge in [-0.05, 0) is 36.2 Å². The van der Waals surface area contributed by atoms with Gasteiger partial charge in [0.15, 0.2) is 0 Å². The maximum atomic E-state index is 13.9. The van der Waals surface area contributed by atoms with Gasteiger partial charge in [0, 0.05) is 48.1 Å². The van der Waals surface area contributed by atoms with Crippen molar-refractivity contribution in [2.75, 3.05) is 34.2 Å². The Labute approximate surface area is 255 Å². The molecule has 234 valence electrons. The molecule has 0 unspecified atom stereocenters. The minimum atomic E-state index is -4.47. The summed E-state index contributed by atoms with van der Waals surface area (Å²) in [5.41, 5.74) is 2.21. The summed E-state index contributed by atoms with van der Waals surface area (Å²) < 4.78 is 89.3. The zero-order valence-corrected chi connectivity index (χ0v) is 25.5. The summed E-state index contributed by atoms with van der Waals surface area (Å²) in [6, 6.07) is 19.6. The van der Waals surface area contributed by atoms with Crippen LogP contribution in [0, 0.1) is 0 Å². The largest absolute Gasteiger partial charge is 0.497 e. The molecule has 0 aliphatic carbocycles. The van der Waals surface area contributed by atoms with Gasteiger partial charge >= 0.3 is 6.18 Å². The van der Waals surface area contributed by atoms with Crippen LogP contribution < -0.4 is 18.9 Å². The Morgan fingerprint density at radius 1 is 0.727 bits per heavy atom. The number of sulfonamides is 1. The molecule has 8 nitrogen and oxygen atoms in total. The topological polar surface area (TPSA) is 87.2 Å². The van der Waals surface area contributed by atoms with Crippen molar-refractivity contribution < 1.29 is 40.5 Å². The van der Waals surface area contributed by atoms with Crippen molar-refractivity contribution in [1.29, 1.82) is 0 Å². The van der Waals surface area contributed by atoms with Crippen molar-refractivity contribution in [2.24, 2.45) is 0 Å². The Kier molecular flexibility index (Phi) is 10.4. The molecule has 0 bridgehead atoms. The molecule has 0 saturated heterocycles. The maximum Gasteiger partial charge on any atom is 0.417 e. The Hall–Kier alpha value is -4.29. The van der Waals surface area contributed by atoms with Crippen LogP contribution in [0.15, 0.2) is 79.0 Å². The molecule has 0 aliphatic heterocycles. The van der Waals surface area contributed by atoms with Crippen molar-refractivity contribution in [2.45, 2.75) is 25.7 Å². The molecule has 44 heavy (non-hydrogen) atoms. The molecule has 12 heteroatoms. The van der Waals surface area contributed by atoms with Gasteiger partial charge in [0.1, 0.15) is 23.0 Å². The van der Waals surface area contributed by atoms with Crippen LogP contribution in [0.1, 0.15) is 22.3 Å². The number of halogens is 3. The summed E-state index contributed by atoms with van der Waals surface area (Å²) in [4.78, 5) is 3.92. The number of aryl methyl sites for hydroxylation is 1. The van der Waals surface area contributed by atoms with Crippen LogP contribution >= 0.6 is 0 Å². The predicted molar refractivity (Wildman–Crippen MR) is 161 cm³/mol. The summed E-state index contributed by atoms with van der Waals surface area (Å²) in [5.74, 6) is 1.93. The first-order chi connectivity index (χ1) is 21.0. The van der Waals surface area contributed by atoms with E-state index in [2.05, 4.69) is 4.98 Å². The van der Waals surface area contributed by atoms with Crippen LogP contribution in [0.4, 0.5) is 13.2 Å². The number of aromatic nitrogens is 1. The van der Waals surface area contributed by atoms with E-state index in [1.54, 1.807) is 60.7 Å². The van der Waals surface area contributed by atoms with Gasteiger partial charge in [-0.15, -0.1) is 0 Å². The van der Waals surface area contributed by atoms with E-state index < -0.39 is 21.8 Å². The highest BCUT2D eigenvalue weighted by Crippen LogP contribution is 2.32. The summed E-state index contributed by atoms with van der Waals surface area (Å²) in [6.07, 6.45) is -3.47. The summed E-state index contributed by atoms with van der Waals surface area (Å²) in [5, 5.41) is 0. The minimum Gasteiger partial charge on any atom is -0.497 e. The first-order valence-corrected chi connectivity index (χ1v) is 15.1. The number of nitrogens with zero attached hydrogens (tertiary/aromatic N) is 2. The van der Waals surface area contributed by atoms with Crippen LogP contribution in [-0.2, 0) is 35.7 Å². The van der Waals surface area contributed by atoms with Crippen molar-refractivity contribution in [3.05, 3.63) is 101 Å². The lowest BCUT2D eigenvalue weighted by Gasteiger charge is -2.24. The number of rotatable bonds is 13. The first kappa shape index (κ1) is 32.6. The highest BCUT2D eigenvalue weighted by atomic mass is 32.2. The van der Waals surface area contributed by atoms with E-state index in [-0.39, 0.29) is 25.3 Å². The monoisotopic (exact) mass is 630 g/mol. The molecule has 1 aromatic heterocycles. The number of alkyl halides is 3. The van der Waals surface area contributed by atoms with Crippen molar-refractivity contribution in [3.63, 3.8) is 0 Å². The third-order valence-electron chi connectivity index (χ3n) is 7.06. The van der Waals surface area contributed by atoms with E-state index in [1.165, 1.54) is 38.8 Å². The average molecular weight is 631 g/mol.